The Morgan fingerprint density at radius 2 is 1.91 bits per heavy atom. The molecule has 2 aliphatic heterocycles. The lowest BCUT2D eigenvalue weighted by Gasteiger charge is -2.45. The molecule has 0 amide bonds. The van der Waals surface area contributed by atoms with Crippen molar-refractivity contribution in [1.82, 2.24) is 15.1 Å². The van der Waals surface area contributed by atoms with Crippen LogP contribution in [0.1, 0.15) is 30.9 Å². The van der Waals surface area contributed by atoms with Crippen molar-refractivity contribution in [2.24, 2.45) is 0 Å². The lowest BCUT2D eigenvalue weighted by atomic mass is 9.86. The predicted molar refractivity (Wildman–Crippen MR) is 89.9 cm³/mol. The van der Waals surface area contributed by atoms with Crippen LogP contribution in [0.5, 0.6) is 0 Å². The Labute approximate surface area is 134 Å². The zero-order valence-corrected chi connectivity index (χ0v) is 13.7. The predicted octanol–water partition coefficient (Wildman–Crippen LogP) is 1.48. The van der Waals surface area contributed by atoms with Gasteiger partial charge in [0.1, 0.15) is 0 Å². The molecule has 0 radical (unpaired) electrons. The smallest absolute Gasteiger partial charge is 0.0916 e. The zero-order chi connectivity index (χ0) is 15.4. The minimum Gasteiger partial charge on any atom is -0.387 e. The standard InChI is InChI=1S/C18H29N3O/c1-20-12-5-13-21(15-18(20)8-10-19-11-9-18)14-17(22)16-6-3-2-4-7-16/h2-4,6-7,17,19,22H,5,8-15H2,1H3/t17-/m1/s1. The van der Waals surface area contributed by atoms with Crippen LogP contribution >= 0.6 is 0 Å². The molecule has 0 aliphatic carbocycles. The van der Waals surface area contributed by atoms with E-state index >= 15 is 0 Å². The molecule has 0 aromatic heterocycles. The summed E-state index contributed by atoms with van der Waals surface area (Å²) in [5.74, 6) is 0. The van der Waals surface area contributed by atoms with Crippen molar-refractivity contribution >= 4 is 0 Å². The van der Waals surface area contributed by atoms with Gasteiger partial charge in [-0.25, -0.2) is 0 Å². The molecule has 2 fully saturated rings. The SMILES string of the molecule is CN1CCCN(C[C@@H](O)c2ccccc2)CC12CCNCC2. The third-order valence-corrected chi connectivity index (χ3v) is 5.45. The third-order valence-electron chi connectivity index (χ3n) is 5.45. The van der Waals surface area contributed by atoms with Crippen LogP contribution in [-0.4, -0.2) is 66.8 Å². The number of nitrogens with zero attached hydrogens (tertiary/aromatic N) is 2. The van der Waals surface area contributed by atoms with E-state index in [1.54, 1.807) is 0 Å². The molecule has 1 aromatic rings. The van der Waals surface area contributed by atoms with Crippen LogP contribution in [0.3, 0.4) is 0 Å². The molecule has 2 saturated heterocycles. The van der Waals surface area contributed by atoms with E-state index in [0.717, 1.165) is 44.8 Å². The van der Waals surface area contributed by atoms with E-state index in [-0.39, 0.29) is 11.6 Å². The largest absolute Gasteiger partial charge is 0.387 e. The van der Waals surface area contributed by atoms with Crippen LogP contribution in [-0.2, 0) is 0 Å². The van der Waals surface area contributed by atoms with Crippen LogP contribution in [0.4, 0.5) is 0 Å². The van der Waals surface area contributed by atoms with E-state index in [1.807, 2.05) is 30.3 Å². The normalized spacial score (nSPS) is 25.0. The summed E-state index contributed by atoms with van der Waals surface area (Å²) in [4.78, 5) is 5.05. The van der Waals surface area contributed by atoms with Gasteiger partial charge in [-0.15, -0.1) is 0 Å². The molecule has 1 atom stereocenters. The second kappa shape index (κ2) is 7.09. The summed E-state index contributed by atoms with van der Waals surface area (Å²) in [6.45, 7) is 6.29. The maximum Gasteiger partial charge on any atom is 0.0916 e. The number of hydrogen-bond donors (Lipinski definition) is 2. The molecule has 0 unspecified atom stereocenters. The molecular weight excluding hydrogens is 274 g/mol. The Kier molecular flexibility index (Phi) is 5.14. The first-order valence-electron chi connectivity index (χ1n) is 8.57. The molecule has 4 heteroatoms. The molecule has 0 bridgehead atoms. The van der Waals surface area contributed by atoms with Crippen LogP contribution < -0.4 is 5.32 Å². The Morgan fingerprint density at radius 1 is 1.18 bits per heavy atom. The highest BCUT2D eigenvalue weighted by Gasteiger charge is 2.39. The number of aliphatic hydroxyl groups excluding tert-OH is 1. The van der Waals surface area contributed by atoms with E-state index in [9.17, 15) is 5.11 Å². The number of aliphatic hydroxyl groups is 1. The van der Waals surface area contributed by atoms with E-state index in [1.165, 1.54) is 19.3 Å². The van der Waals surface area contributed by atoms with Crippen molar-refractivity contribution in [3.8, 4) is 0 Å². The van der Waals surface area contributed by atoms with Crippen LogP contribution in [0.15, 0.2) is 30.3 Å². The minimum absolute atomic E-state index is 0.290. The van der Waals surface area contributed by atoms with Crippen molar-refractivity contribution in [1.29, 1.82) is 0 Å². The van der Waals surface area contributed by atoms with E-state index in [4.69, 9.17) is 0 Å². The Morgan fingerprint density at radius 3 is 2.64 bits per heavy atom. The Bertz CT molecular complexity index is 459. The van der Waals surface area contributed by atoms with Gasteiger partial charge in [-0.05, 0) is 58.1 Å². The summed E-state index contributed by atoms with van der Waals surface area (Å²) in [6.07, 6.45) is 3.22. The number of hydrogen-bond acceptors (Lipinski definition) is 4. The van der Waals surface area contributed by atoms with Crippen molar-refractivity contribution in [3.63, 3.8) is 0 Å². The summed E-state index contributed by atoms with van der Waals surface area (Å²) >= 11 is 0. The van der Waals surface area contributed by atoms with Crippen LogP contribution in [0.25, 0.3) is 0 Å². The van der Waals surface area contributed by atoms with Gasteiger partial charge >= 0.3 is 0 Å². The van der Waals surface area contributed by atoms with Gasteiger partial charge in [0.05, 0.1) is 6.10 Å². The number of benzene rings is 1. The fourth-order valence-corrected chi connectivity index (χ4v) is 4.00. The maximum atomic E-state index is 10.5. The van der Waals surface area contributed by atoms with Gasteiger partial charge in [0.2, 0.25) is 0 Å². The van der Waals surface area contributed by atoms with Gasteiger partial charge in [0.25, 0.3) is 0 Å². The Hall–Kier alpha value is -0.940. The molecule has 0 saturated carbocycles. The quantitative estimate of drug-likeness (QED) is 0.887. The number of β-amino-alcohol motifs (C(OH)–C–C–N with tert-alkyl or cyclic N) is 1. The number of nitrogens with one attached hydrogen (secondary N) is 1. The van der Waals surface area contributed by atoms with Crippen molar-refractivity contribution in [3.05, 3.63) is 35.9 Å². The average molecular weight is 303 g/mol. The zero-order valence-electron chi connectivity index (χ0n) is 13.7. The van der Waals surface area contributed by atoms with Gasteiger partial charge in [-0.1, -0.05) is 30.3 Å². The molecule has 2 aliphatic rings. The highest BCUT2D eigenvalue weighted by Crippen LogP contribution is 2.29. The second-order valence-corrected chi connectivity index (χ2v) is 6.91. The van der Waals surface area contributed by atoms with Gasteiger partial charge in [-0.3, -0.25) is 9.80 Å². The van der Waals surface area contributed by atoms with Gasteiger partial charge in [-0.2, -0.15) is 0 Å². The van der Waals surface area contributed by atoms with Crippen molar-refractivity contribution in [2.45, 2.75) is 30.9 Å². The third kappa shape index (κ3) is 3.51. The Balaban J connectivity index is 1.68. The highest BCUT2D eigenvalue weighted by molar-refractivity contribution is 5.17. The second-order valence-electron chi connectivity index (χ2n) is 6.91. The van der Waals surface area contributed by atoms with E-state index in [0.29, 0.717) is 0 Å². The fraction of sp³-hybridized carbons (Fsp3) is 0.667. The summed E-state index contributed by atoms with van der Waals surface area (Å²) in [6, 6.07) is 10.1. The van der Waals surface area contributed by atoms with E-state index in [2.05, 4.69) is 22.2 Å². The van der Waals surface area contributed by atoms with Crippen molar-refractivity contribution < 1.29 is 5.11 Å². The summed E-state index contributed by atoms with van der Waals surface area (Å²) in [5.41, 5.74) is 1.32. The lowest BCUT2D eigenvalue weighted by Crippen LogP contribution is -2.57. The first-order chi connectivity index (χ1) is 10.7. The number of piperidine rings is 1. The first kappa shape index (κ1) is 15.9. The molecule has 2 N–H and O–H groups in total. The lowest BCUT2D eigenvalue weighted by molar-refractivity contribution is 0.0466. The summed E-state index contributed by atoms with van der Waals surface area (Å²) in [5, 5.41) is 14.0. The molecule has 3 rings (SSSR count). The minimum atomic E-state index is -0.386. The van der Waals surface area contributed by atoms with Crippen LogP contribution in [0.2, 0.25) is 0 Å². The molecule has 122 valence electrons. The molecule has 4 nitrogen and oxygen atoms in total. The fourth-order valence-electron chi connectivity index (χ4n) is 4.00. The van der Waals surface area contributed by atoms with Gasteiger partial charge in [0, 0.05) is 18.6 Å². The first-order valence-corrected chi connectivity index (χ1v) is 8.57. The average Bonchev–Trinajstić information content (AvgIpc) is 2.69. The maximum absolute atomic E-state index is 10.5. The molecule has 1 aromatic carbocycles. The van der Waals surface area contributed by atoms with Crippen molar-refractivity contribution in [2.75, 3.05) is 46.3 Å². The number of rotatable bonds is 3. The molecule has 22 heavy (non-hydrogen) atoms. The molecular formula is C18H29N3O. The highest BCUT2D eigenvalue weighted by atomic mass is 16.3. The summed E-state index contributed by atoms with van der Waals surface area (Å²) < 4.78 is 0. The molecule has 1 spiro atoms. The van der Waals surface area contributed by atoms with E-state index < -0.39 is 0 Å². The van der Waals surface area contributed by atoms with Gasteiger partial charge in [0.15, 0.2) is 0 Å². The van der Waals surface area contributed by atoms with Crippen LogP contribution in [0, 0.1) is 0 Å². The van der Waals surface area contributed by atoms with Gasteiger partial charge < -0.3 is 10.4 Å². The number of likely N-dealkylation sites (N-methyl/N-ethyl adjacent to an activating group) is 1. The monoisotopic (exact) mass is 303 g/mol. The molecule has 2 heterocycles. The summed E-state index contributed by atoms with van der Waals surface area (Å²) in [7, 11) is 2.28. The topological polar surface area (TPSA) is 38.7 Å².